The van der Waals surface area contributed by atoms with E-state index in [1.54, 1.807) is 0 Å². The summed E-state index contributed by atoms with van der Waals surface area (Å²) >= 11 is 1.88. The lowest BCUT2D eigenvalue weighted by Crippen LogP contribution is -2.14. The van der Waals surface area contributed by atoms with Gasteiger partial charge in [-0.25, -0.2) is 0 Å². The summed E-state index contributed by atoms with van der Waals surface area (Å²) in [6.07, 6.45) is 0. The molecule has 0 spiro atoms. The molecule has 0 atom stereocenters. The van der Waals surface area contributed by atoms with Crippen LogP contribution in [0.1, 0.15) is 25.0 Å². The fourth-order valence-electron chi connectivity index (χ4n) is 9.60. The molecule has 0 aliphatic heterocycles. The highest BCUT2D eigenvalue weighted by Gasteiger charge is 2.35. The minimum atomic E-state index is -0.0190. The molecule has 2 heterocycles. The van der Waals surface area contributed by atoms with Gasteiger partial charge in [0.15, 0.2) is 0 Å². The molecule has 1 nitrogen and oxygen atoms in total. The van der Waals surface area contributed by atoms with Crippen molar-refractivity contribution in [3.05, 3.63) is 169 Å². The first-order valence-corrected chi connectivity index (χ1v) is 19.2. The lowest BCUT2D eigenvalue weighted by molar-refractivity contribution is 0.660. The molecule has 248 valence electrons. The monoisotopic (exact) mass is 692 g/mol. The smallest absolute Gasteiger partial charge is 0.143 e. The van der Waals surface area contributed by atoms with Crippen LogP contribution in [0, 0.1) is 0 Å². The molecule has 0 unspecified atom stereocenters. The number of thiophene rings is 1. The van der Waals surface area contributed by atoms with E-state index in [0.29, 0.717) is 0 Å². The van der Waals surface area contributed by atoms with Crippen LogP contribution in [0.15, 0.2) is 162 Å². The second-order valence-electron chi connectivity index (χ2n) is 15.2. The second kappa shape index (κ2) is 10.4. The standard InChI is InChI=1S/C51H32OS/c1-51(2)43-17-9-7-11-31(43)41-27-29(19-25-44(41)51)47-33-13-3-5-15-35(33)48(36-16-6-4-14-34(36)47)30-20-26-46-42(28-30)40-24-22-38-39(50(40)53-46)23-21-37-32-12-8-10-18-45(32)52-49(37)38/h3-28H,1-2H3. The number of hydrogen-bond donors (Lipinski definition) is 0. The van der Waals surface area contributed by atoms with Crippen LogP contribution in [0.4, 0.5) is 0 Å². The van der Waals surface area contributed by atoms with E-state index in [0.717, 1.165) is 11.2 Å². The van der Waals surface area contributed by atoms with Gasteiger partial charge in [-0.05, 0) is 102 Å². The number of fused-ring (bicyclic) bond motifs is 14. The SMILES string of the molecule is CC1(C)c2ccccc2-c2cc(-c3c4ccccc4c(-c4ccc5sc6c(ccc7c6ccc6c8ccccc8oc67)c5c4)c4ccccc34)ccc21. The Hall–Kier alpha value is -6.22. The molecule has 0 saturated carbocycles. The van der Waals surface area contributed by atoms with E-state index in [9.17, 15) is 0 Å². The van der Waals surface area contributed by atoms with Gasteiger partial charge >= 0.3 is 0 Å². The van der Waals surface area contributed by atoms with E-state index >= 15 is 0 Å². The number of benzene rings is 9. The lowest BCUT2D eigenvalue weighted by Gasteiger charge is -2.22. The first-order valence-electron chi connectivity index (χ1n) is 18.4. The van der Waals surface area contributed by atoms with Gasteiger partial charge in [0.25, 0.3) is 0 Å². The fraction of sp³-hybridized carbons (Fsp3) is 0.0588. The summed E-state index contributed by atoms with van der Waals surface area (Å²) in [5.74, 6) is 0. The van der Waals surface area contributed by atoms with Crippen molar-refractivity contribution in [1.82, 2.24) is 0 Å². The minimum Gasteiger partial charge on any atom is -0.455 e. The third kappa shape index (κ3) is 3.91. The van der Waals surface area contributed by atoms with E-state index < -0.39 is 0 Å². The Balaban J connectivity index is 1.09. The molecule has 2 heteroatoms. The molecule has 0 fully saturated rings. The van der Waals surface area contributed by atoms with Crippen LogP contribution in [0.3, 0.4) is 0 Å². The maximum Gasteiger partial charge on any atom is 0.143 e. The molecule has 0 saturated heterocycles. The molecule has 1 aliphatic carbocycles. The van der Waals surface area contributed by atoms with Crippen LogP contribution in [-0.4, -0.2) is 0 Å². The zero-order valence-corrected chi connectivity index (χ0v) is 30.1. The van der Waals surface area contributed by atoms with Crippen LogP contribution >= 0.6 is 11.3 Å². The molecule has 0 bridgehead atoms. The van der Waals surface area contributed by atoms with Gasteiger partial charge in [0.05, 0.1) is 0 Å². The van der Waals surface area contributed by atoms with Gasteiger partial charge < -0.3 is 4.42 Å². The maximum absolute atomic E-state index is 6.44. The third-order valence-corrected chi connectivity index (χ3v) is 13.3. The van der Waals surface area contributed by atoms with Gasteiger partial charge in [0, 0.05) is 47.1 Å². The van der Waals surface area contributed by atoms with Crippen LogP contribution in [0.2, 0.25) is 0 Å². The predicted molar refractivity (Wildman–Crippen MR) is 228 cm³/mol. The fourth-order valence-corrected chi connectivity index (χ4v) is 10.8. The molecule has 2 aromatic heterocycles. The molecule has 0 amide bonds. The molecule has 9 aromatic carbocycles. The van der Waals surface area contributed by atoms with Crippen molar-refractivity contribution in [2.45, 2.75) is 19.3 Å². The van der Waals surface area contributed by atoms with Gasteiger partial charge in [0.1, 0.15) is 11.2 Å². The van der Waals surface area contributed by atoms with Crippen LogP contribution in [0.25, 0.3) is 108 Å². The molecular weight excluding hydrogens is 661 g/mol. The topological polar surface area (TPSA) is 13.1 Å². The highest BCUT2D eigenvalue weighted by Crippen LogP contribution is 2.52. The highest BCUT2D eigenvalue weighted by atomic mass is 32.1. The van der Waals surface area contributed by atoms with Crippen LogP contribution in [0.5, 0.6) is 0 Å². The van der Waals surface area contributed by atoms with Crippen molar-refractivity contribution < 1.29 is 4.42 Å². The first-order chi connectivity index (χ1) is 26.0. The van der Waals surface area contributed by atoms with Crippen LogP contribution in [-0.2, 0) is 5.41 Å². The van der Waals surface area contributed by atoms with Gasteiger partial charge in [-0.3, -0.25) is 0 Å². The number of hydrogen-bond acceptors (Lipinski definition) is 2. The van der Waals surface area contributed by atoms with Crippen molar-refractivity contribution in [2.75, 3.05) is 0 Å². The summed E-state index contributed by atoms with van der Waals surface area (Å²) in [7, 11) is 0. The molecule has 0 radical (unpaired) electrons. The van der Waals surface area contributed by atoms with E-state index in [-0.39, 0.29) is 5.41 Å². The second-order valence-corrected chi connectivity index (χ2v) is 16.2. The molecule has 1 aliphatic rings. The summed E-state index contributed by atoms with van der Waals surface area (Å²) in [6.45, 7) is 4.71. The number of rotatable bonds is 2. The van der Waals surface area contributed by atoms with E-state index in [1.165, 1.54) is 108 Å². The summed E-state index contributed by atoms with van der Waals surface area (Å²) < 4.78 is 9.05. The Morgan fingerprint density at radius 3 is 1.66 bits per heavy atom. The number of furan rings is 1. The van der Waals surface area contributed by atoms with Crippen molar-refractivity contribution in [3.63, 3.8) is 0 Å². The normalized spacial score (nSPS) is 13.6. The Labute approximate surface area is 310 Å². The van der Waals surface area contributed by atoms with Gasteiger partial charge in [0.2, 0.25) is 0 Å². The first kappa shape index (κ1) is 29.4. The zero-order valence-electron chi connectivity index (χ0n) is 29.3. The summed E-state index contributed by atoms with van der Waals surface area (Å²) in [5.41, 5.74) is 12.5. The van der Waals surface area contributed by atoms with Gasteiger partial charge in [-0.2, -0.15) is 0 Å². The Morgan fingerprint density at radius 2 is 0.943 bits per heavy atom. The van der Waals surface area contributed by atoms with Crippen molar-refractivity contribution in [1.29, 1.82) is 0 Å². The van der Waals surface area contributed by atoms with Crippen LogP contribution < -0.4 is 0 Å². The maximum atomic E-state index is 6.44. The van der Waals surface area contributed by atoms with Crippen molar-refractivity contribution >= 4 is 85.8 Å². The Kier molecular flexibility index (Phi) is 5.78. The lowest BCUT2D eigenvalue weighted by atomic mass is 9.81. The van der Waals surface area contributed by atoms with E-state index in [2.05, 4.69) is 166 Å². The average molecular weight is 693 g/mol. The summed E-state index contributed by atoms with van der Waals surface area (Å²) in [5, 5.41) is 12.5. The van der Waals surface area contributed by atoms with Crippen molar-refractivity contribution in [3.8, 4) is 33.4 Å². The largest absolute Gasteiger partial charge is 0.455 e. The Bertz CT molecular complexity index is 3320. The Morgan fingerprint density at radius 1 is 0.415 bits per heavy atom. The quantitative estimate of drug-likeness (QED) is 0.164. The van der Waals surface area contributed by atoms with Crippen molar-refractivity contribution in [2.24, 2.45) is 0 Å². The average Bonchev–Trinajstić information content (AvgIpc) is 3.84. The third-order valence-electron chi connectivity index (χ3n) is 12.1. The highest BCUT2D eigenvalue weighted by molar-refractivity contribution is 7.26. The molecular formula is C51H32OS. The predicted octanol–water partition coefficient (Wildman–Crippen LogP) is 15.1. The summed E-state index contributed by atoms with van der Waals surface area (Å²) in [4.78, 5) is 0. The molecule has 11 aromatic rings. The molecule has 12 rings (SSSR count). The van der Waals surface area contributed by atoms with Gasteiger partial charge in [-0.1, -0.05) is 135 Å². The molecule has 53 heavy (non-hydrogen) atoms. The van der Waals surface area contributed by atoms with E-state index in [4.69, 9.17) is 4.42 Å². The number of para-hydroxylation sites is 1. The zero-order chi connectivity index (χ0) is 35.0. The minimum absolute atomic E-state index is 0.0190. The van der Waals surface area contributed by atoms with Gasteiger partial charge in [-0.15, -0.1) is 11.3 Å². The summed E-state index contributed by atoms with van der Waals surface area (Å²) in [6, 6.07) is 58.7. The van der Waals surface area contributed by atoms with E-state index in [1.807, 2.05) is 17.4 Å². The molecule has 0 N–H and O–H groups in total.